The van der Waals surface area contributed by atoms with Crippen molar-refractivity contribution in [1.82, 2.24) is 0 Å². The number of carbonyl (C=O) groups is 2. The molecule has 28 heavy (non-hydrogen) atoms. The number of carbonyl (C=O) groups excluding carboxylic acids is 2. The van der Waals surface area contributed by atoms with Gasteiger partial charge in [-0.3, -0.25) is 9.59 Å². The number of alkyl halides is 1. The molecule has 0 aromatic carbocycles. The Kier molecular flexibility index (Phi) is 4.35. The molecule has 0 spiro atoms. The van der Waals surface area contributed by atoms with Crippen LogP contribution in [0.25, 0.3) is 0 Å². The van der Waals surface area contributed by atoms with Crippen LogP contribution in [-0.2, 0) is 9.59 Å². The number of fused-ring (bicyclic) bond motifs is 5. The highest BCUT2D eigenvalue weighted by Crippen LogP contribution is 2.70. The molecule has 0 aromatic rings. The Hall–Kier alpha value is -1.01. The first-order valence-electron chi connectivity index (χ1n) is 10.1. The number of aliphatic hydroxyl groups is 3. The molecule has 154 valence electrons. The third kappa shape index (κ3) is 2.09. The lowest BCUT2D eigenvalue weighted by molar-refractivity contribution is -0.178. The van der Waals surface area contributed by atoms with Crippen molar-refractivity contribution in [1.29, 1.82) is 0 Å². The molecule has 3 N–H and O–H groups in total. The summed E-state index contributed by atoms with van der Waals surface area (Å²) in [7, 11) is 0. The number of ketones is 2. The third-order valence-electron chi connectivity index (χ3n) is 8.75. The summed E-state index contributed by atoms with van der Waals surface area (Å²) >= 11 is 7.30. The zero-order valence-corrected chi connectivity index (χ0v) is 17.4. The summed E-state index contributed by atoms with van der Waals surface area (Å²) in [5.74, 6) is -1.12. The van der Waals surface area contributed by atoms with E-state index in [0.717, 1.165) is 5.57 Å². The van der Waals surface area contributed by atoms with Crippen molar-refractivity contribution in [2.45, 2.75) is 63.0 Å². The van der Waals surface area contributed by atoms with E-state index < -0.39 is 39.8 Å². The van der Waals surface area contributed by atoms with Crippen molar-refractivity contribution in [2.75, 3.05) is 6.61 Å². The minimum absolute atomic E-state index is 0.0370. The minimum Gasteiger partial charge on any atom is -0.391 e. The van der Waals surface area contributed by atoms with Crippen LogP contribution in [0.3, 0.4) is 0 Å². The molecule has 2 fully saturated rings. The maximum atomic E-state index is 12.6. The molecule has 0 aromatic heterocycles. The molecular weight excluding hydrogens is 380 g/mol. The number of hydrogen-bond donors (Lipinski definition) is 3. The van der Waals surface area contributed by atoms with E-state index in [1.54, 1.807) is 6.08 Å². The van der Waals surface area contributed by atoms with Crippen molar-refractivity contribution in [2.24, 2.45) is 28.6 Å². The standard InChI is InChI=1S/C22H29ClO5/c1-12-8-16-15-5-4-13-9-14(25)6-7-19(13,2)21(15,23)17(26)10-20(16,3)22(12,28)18(27)11-24/h4,6-7,12,15-17,24,26,28H,5,8-11H2,1-3H3/t12-,15?,16?,17?,19?,20?,21?,22?/m0/s1. The van der Waals surface area contributed by atoms with Crippen molar-refractivity contribution in [3.05, 3.63) is 23.8 Å². The molecule has 0 heterocycles. The average molecular weight is 409 g/mol. The molecule has 4 aliphatic carbocycles. The van der Waals surface area contributed by atoms with Gasteiger partial charge in [0.2, 0.25) is 0 Å². The normalized spacial score (nSPS) is 52.5. The Morgan fingerprint density at radius 3 is 2.64 bits per heavy atom. The maximum absolute atomic E-state index is 12.6. The van der Waals surface area contributed by atoms with Gasteiger partial charge in [-0.25, -0.2) is 0 Å². The first-order chi connectivity index (χ1) is 13.0. The monoisotopic (exact) mass is 408 g/mol. The summed E-state index contributed by atoms with van der Waals surface area (Å²) in [6.07, 6.45) is 6.19. The van der Waals surface area contributed by atoms with Crippen LogP contribution in [0.4, 0.5) is 0 Å². The van der Waals surface area contributed by atoms with Crippen molar-refractivity contribution in [3.63, 3.8) is 0 Å². The Morgan fingerprint density at radius 2 is 2.00 bits per heavy atom. The molecule has 2 saturated carbocycles. The number of halogens is 1. The van der Waals surface area contributed by atoms with E-state index in [4.69, 9.17) is 11.6 Å². The van der Waals surface area contributed by atoms with E-state index in [9.17, 15) is 24.9 Å². The molecule has 4 rings (SSSR count). The first kappa shape index (κ1) is 20.3. The molecule has 0 bridgehead atoms. The van der Waals surface area contributed by atoms with Crippen LogP contribution >= 0.6 is 11.6 Å². The minimum atomic E-state index is -1.69. The van der Waals surface area contributed by atoms with Gasteiger partial charge in [0, 0.05) is 17.3 Å². The second-order valence-electron chi connectivity index (χ2n) is 9.75. The van der Waals surface area contributed by atoms with Crippen LogP contribution in [0, 0.1) is 28.6 Å². The second-order valence-corrected chi connectivity index (χ2v) is 10.4. The summed E-state index contributed by atoms with van der Waals surface area (Å²) in [4.78, 5) is 23.5. The quantitative estimate of drug-likeness (QED) is 0.480. The first-order valence-corrected chi connectivity index (χ1v) is 10.5. The third-order valence-corrected chi connectivity index (χ3v) is 9.68. The largest absolute Gasteiger partial charge is 0.391 e. The molecule has 0 amide bonds. The summed E-state index contributed by atoms with van der Waals surface area (Å²) in [5.41, 5.74) is -2.27. The van der Waals surface area contributed by atoms with Gasteiger partial charge in [-0.15, -0.1) is 11.6 Å². The van der Waals surface area contributed by atoms with Crippen LogP contribution in [-0.4, -0.2) is 50.1 Å². The molecule has 0 aliphatic heterocycles. The maximum Gasteiger partial charge on any atom is 0.190 e. The topological polar surface area (TPSA) is 94.8 Å². The fraction of sp³-hybridized carbons (Fsp3) is 0.727. The van der Waals surface area contributed by atoms with Gasteiger partial charge in [-0.05, 0) is 43.1 Å². The van der Waals surface area contributed by atoms with Crippen LogP contribution < -0.4 is 0 Å². The van der Waals surface area contributed by atoms with Gasteiger partial charge in [0.15, 0.2) is 11.6 Å². The lowest BCUT2D eigenvalue weighted by Gasteiger charge is -2.63. The highest BCUT2D eigenvalue weighted by Gasteiger charge is 2.74. The molecule has 0 radical (unpaired) electrons. The van der Waals surface area contributed by atoms with Crippen molar-refractivity contribution < 1.29 is 24.9 Å². The summed E-state index contributed by atoms with van der Waals surface area (Å²) in [6.45, 7) is 4.96. The summed E-state index contributed by atoms with van der Waals surface area (Å²) < 4.78 is 0. The summed E-state index contributed by atoms with van der Waals surface area (Å²) in [6, 6.07) is 0. The highest BCUT2D eigenvalue weighted by molar-refractivity contribution is 6.26. The van der Waals surface area contributed by atoms with Gasteiger partial charge in [-0.1, -0.05) is 38.5 Å². The zero-order valence-electron chi connectivity index (χ0n) is 16.6. The van der Waals surface area contributed by atoms with Crippen molar-refractivity contribution in [3.8, 4) is 0 Å². The Labute approximate surface area is 170 Å². The molecule has 8 atom stereocenters. The van der Waals surface area contributed by atoms with Gasteiger partial charge in [0.1, 0.15) is 12.2 Å². The SMILES string of the molecule is C[C@H]1CC2C3CC=C4CC(=O)C=CC4(C)C3(Cl)C(O)CC2(C)C1(O)C(=O)CO. The predicted molar refractivity (Wildman–Crippen MR) is 105 cm³/mol. The van der Waals surface area contributed by atoms with E-state index in [1.165, 1.54) is 0 Å². The molecule has 6 heteroatoms. The highest BCUT2D eigenvalue weighted by atomic mass is 35.5. The molecular formula is C22H29ClO5. The van der Waals surface area contributed by atoms with Gasteiger partial charge in [0.25, 0.3) is 0 Å². The predicted octanol–water partition coefficient (Wildman–Crippen LogP) is 2.17. The van der Waals surface area contributed by atoms with Crippen molar-refractivity contribution >= 4 is 23.2 Å². The van der Waals surface area contributed by atoms with Crippen LogP contribution in [0.1, 0.15) is 46.5 Å². The van der Waals surface area contributed by atoms with E-state index >= 15 is 0 Å². The van der Waals surface area contributed by atoms with E-state index in [2.05, 4.69) is 6.08 Å². The Bertz CT molecular complexity index is 805. The molecule has 5 nitrogen and oxygen atoms in total. The lowest BCUT2D eigenvalue weighted by atomic mass is 9.46. The molecule has 4 aliphatic rings. The number of hydrogen-bond acceptors (Lipinski definition) is 5. The van der Waals surface area contributed by atoms with Crippen LogP contribution in [0.5, 0.6) is 0 Å². The van der Waals surface area contributed by atoms with Gasteiger partial charge in [-0.2, -0.15) is 0 Å². The van der Waals surface area contributed by atoms with Crippen LogP contribution in [0.2, 0.25) is 0 Å². The van der Waals surface area contributed by atoms with E-state index in [1.807, 2.05) is 26.8 Å². The second kappa shape index (κ2) is 6.00. The number of aliphatic hydroxyl groups excluding tert-OH is 2. The van der Waals surface area contributed by atoms with Gasteiger partial charge in [0.05, 0.1) is 11.0 Å². The zero-order chi connectivity index (χ0) is 20.7. The molecule has 7 unspecified atom stereocenters. The van der Waals surface area contributed by atoms with Crippen LogP contribution in [0.15, 0.2) is 23.8 Å². The fourth-order valence-corrected chi connectivity index (χ4v) is 7.67. The fourth-order valence-electron chi connectivity index (χ4n) is 7.17. The number of Topliss-reactive ketones (excluding diaryl/α,β-unsaturated/α-hetero) is 1. The number of rotatable bonds is 2. The van der Waals surface area contributed by atoms with E-state index in [-0.39, 0.29) is 30.0 Å². The molecule has 0 saturated heterocycles. The van der Waals surface area contributed by atoms with Gasteiger partial charge < -0.3 is 15.3 Å². The lowest BCUT2D eigenvalue weighted by Crippen LogP contribution is -2.68. The average Bonchev–Trinajstić information content (AvgIpc) is 2.84. The smallest absolute Gasteiger partial charge is 0.190 e. The van der Waals surface area contributed by atoms with Gasteiger partial charge >= 0.3 is 0 Å². The summed E-state index contributed by atoms with van der Waals surface area (Å²) in [5, 5.41) is 32.3. The Balaban J connectivity index is 1.85. The number of allylic oxidation sites excluding steroid dienone is 4. The van der Waals surface area contributed by atoms with E-state index in [0.29, 0.717) is 19.3 Å². The Morgan fingerprint density at radius 1 is 1.32 bits per heavy atom.